The zero-order valence-electron chi connectivity index (χ0n) is 12.1. The van der Waals surface area contributed by atoms with Gasteiger partial charge in [0, 0.05) is 18.1 Å². The molecular formula is C17H16F2N2O. The SMILES string of the molecule is C[C@@H](c1ccccc1)N1C(=O)[C@H](N)Cc2c(F)cc(F)cc21. The molecule has 1 aliphatic heterocycles. The van der Waals surface area contributed by atoms with Gasteiger partial charge in [0.15, 0.2) is 0 Å². The van der Waals surface area contributed by atoms with Crippen LogP contribution in [0.5, 0.6) is 0 Å². The van der Waals surface area contributed by atoms with E-state index in [9.17, 15) is 13.6 Å². The zero-order chi connectivity index (χ0) is 15.9. The predicted octanol–water partition coefficient (Wildman–Crippen LogP) is 2.94. The fraction of sp³-hybridized carbons (Fsp3) is 0.235. The van der Waals surface area contributed by atoms with E-state index in [2.05, 4.69) is 0 Å². The summed E-state index contributed by atoms with van der Waals surface area (Å²) >= 11 is 0. The van der Waals surface area contributed by atoms with E-state index in [0.29, 0.717) is 0 Å². The molecule has 0 fully saturated rings. The molecule has 1 heterocycles. The van der Waals surface area contributed by atoms with E-state index in [1.165, 1.54) is 11.0 Å². The van der Waals surface area contributed by atoms with Gasteiger partial charge in [-0.1, -0.05) is 30.3 Å². The van der Waals surface area contributed by atoms with Crippen LogP contribution in [0.1, 0.15) is 24.1 Å². The Hall–Kier alpha value is -2.27. The van der Waals surface area contributed by atoms with E-state index in [4.69, 9.17) is 5.73 Å². The van der Waals surface area contributed by atoms with Gasteiger partial charge in [-0.05, 0) is 18.6 Å². The monoisotopic (exact) mass is 302 g/mol. The number of amides is 1. The molecule has 2 atom stereocenters. The van der Waals surface area contributed by atoms with Crippen molar-refractivity contribution in [2.45, 2.75) is 25.4 Å². The van der Waals surface area contributed by atoms with E-state index < -0.39 is 17.7 Å². The van der Waals surface area contributed by atoms with Gasteiger partial charge in [-0.3, -0.25) is 4.79 Å². The van der Waals surface area contributed by atoms with Crippen molar-refractivity contribution in [2.24, 2.45) is 5.73 Å². The molecule has 5 heteroatoms. The average Bonchev–Trinajstić information content (AvgIpc) is 2.50. The first kappa shape index (κ1) is 14.7. The summed E-state index contributed by atoms with van der Waals surface area (Å²) in [6.07, 6.45) is 0.0816. The van der Waals surface area contributed by atoms with Gasteiger partial charge in [0.25, 0.3) is 0 Å². The number of carbonyl (C=O) groups is 1. The van der Waals surface area contributed by atoms with Crippen LogP contribution < -0.4 is 10.6 Å². The molecule has 0 saturated carbocycles. The van der Waals surface area contributed by atoms with Gasteiger partial charge in [0.2, 0.25) is 5.91 Å². The first-order valence-electron chi connectivity index (χ1n) is 7.10. The van der Waals surface area contributed by atoms with Crippen LogP contribution in [0.2, 0.25) is 0 Å². The summed E-state index contributed by atoms with van der Waals surface area (Å²) in [5.74, 6) is -1.69. The highest BCUT2D eigenvalue weighted by Gasteiger charge is 2.35. The van der Waals surface area contributed by atoms with E-state index in [0.717, 1.165) is 11.6 Å². The van der Waals surface area contributed by atoms with E-state index >= 15 is 0 Å². The molecule has 2 N–H and O–H groups in total. The number of carbonyl (C=O) groups excluding carboxylic acids is 1. The van der Waals surface area contributed by atoms with Gasteiger partial charge >= 0.3 is 0 Å². The van der Waals surface area contributed by atoms with Crippen LogP contribution in [0.3, 0.4) is 0 Å². The van der Waals surface area contributed by atoms with Crippen LogP contribution in [0.4, 0.5) is 14.5 Å². The number of nitrogens with two attached hydrogens (primary N) is 1. The van der Waals surface area contributed by atoms with E-state index in [1.54, 1.807) is 0 Å². The van der Waals surface area contributed by atoms with E-state index in [1.807, 2.05) is 37.3 Å². The molecule has 0 spiro atoms. The van der Waals surface area contributed by atoms with Crippen LogP contribution in [0, 0.1) is 11.6 Å². The lowest BCUT2D eigenvalue weighted by atomic mass is 9.94. The minimum absolute atomic E-state index is 0.0816. The van der Waals surface area contributed by atoms with Crippen molar-refractivity contribution in [3.05, 3.63) is 65.2 Å². The van der Waals surface area contributed by atoms with Crippen molar-refractivity contribution in [2.75, 3.05) is 4.90 Å². The molecule has 2 aromatic rings. The normalized spacial score (nSPS) is 19.0. The molecule has 22 heavy (non-hydrogen) atoms. The second kappa shape index (κ2) is 5.50. The molecular weight excluding hydrogens is 286 g/mol. The number of rotatable bonds is 2. The lowest BCUT2D eigenvalue weighted by molar-refractivity contribution is -0.120. The molecule has 0 saturated heterocycles. The molecule has 0 radical (unpaired) electrons. The van der Waals surface area contributed by atoms with Crippen LogP contribution in [-0.2, 0) is 11.2 Å². The number of nitrogens with zero attached hydrogens (tertiary/aromatic N) is 1. The number of hydrogen-bond acceptors (Lipinski definition) is 2. The number of anilines is 1. The molecule has 3 nitrogen and oxygen atoms in total. The Labute approximate surface area is 127 Å². The quantitative estimate of drug-likeness (QED) is 0.927. The molecule has 0 aromatic heterocycles. The first-order valence-corrected chi connectivity index (χ1v) is 7.10. The fourth-order valence-corrected chi connectivity index (χ4v) is 2.89. The lowest BCUT2D eigenvalue weighted by Gasteiger charge is -2.37. The number of fused-ring (bicyclic) bond motifs is 1. The molecule has 0 bridgehead atoms. The van der Waals surface area contributed by atoms with Crippen molar-refractivity contribution >= 4 is 11.6 Å². The summed E-state index contributed by atoms with van der Waals surface area (Å²) < 4.78 is 27.6. The van der Waals surface area contributed by atoms with Crippen molar-refractivity contribution < 1.29 is 13.6 Å². The molecule has 114 valence electrons. The number of hydrogen-bond donors (Lipinski definition) is 1. The van der Waals surface area contributed by atoms with Crippen molar-refractivity contribution in [1.29, 1.82) is 0 Å². The van der Waals surface area contributed by atoms with Gasteiger partial charge in [-0.25, -0.2) is 8.78 Å². The summed E-state index contributed by atoms with van der Waals surface area (Å²) in [6.45, 7) is 1.82. The molecule has 0 aliphatic carbocycles. The number of halogens is 2. The summed E-state index contributed by atoms with van der Waals surface area (Å²) in [6, 6.07) is 10.2. The Balaban J connectivity index is 2.13. The van der Waals surface area contributed by atoms with Crippen LogP contribution in [0.15, 0.2) is 42.5 Å². The highest BCUT2D eigenvalue weighted by molar-refractivity contribution is 6.00. The zero-order valence-corrected chi connectivity index (χ0v) is 12.1. The molecule has 2 aromatic carbocycles. The Morgan fingerprint density at radius 1 is 1.23 bits per heavy atom. The van der Waals surface area contributed by atoms with Crippen molar-refractivity contribution in [3.63, 3.8) is 0 Å². The van der Waals surface area contributed by atoms with Crippen LogP contribution in [0.25, 0.3) is 0 Å². The maximum absolute atomic E-state index is 14.0. The molecule has 3 rings (SSSR count). The maximum atomic E-state index is 14.0. The topological polar surface area (TPSA) is 46.3 Å². The van der Waals surface area contributed by atoms with Crippen molar-refractivity contribution in [3.8, 4) is 0 Å². The first-order chi connectivity index (χ1) is 10.5. The van der Waals surface area contributed by atoms with Gasteiger partial charge in [0.05, 0.1) is 17.8 Å². The summed E-state index contributed by atoms with van der Waals surface area (Å²) in [5, 5.41) is 0. The third-order valence-corrected chi connectivity index (χ3v) is 4.04. The third-order valence-electron chi connectivity index (χ3n) is 4.04. The van der Waals surface area contributed by atoms with Crippen LogP contribution >= 0.6 is 0 Å². The minimum Gasteiger partial charge on any atom is -0.320 e. The highest BCUT2D eigenvalue weighted by atomic mass is 19.1. The highest BCUT2D eigenvalue weighted by Crippen LogP contribution is 2.36. The summed E-state index contributed by atoms with van der Waals surface area (Å²) in [5.41, 5.74) is 7.28. The van der Waals surface area contributed by atoms with Gasteiger partial charge in [0.1, 0.15) is 11.6 Å². The predicted molar refractivity (Wildman–Crippen MR) is 80.4 cm³/mol. The second-order valence-electron chi connectivity index (χ2n) is 5.49. The Kier molecular flexibility index (Phi) is 3.66. The summed E-state index contributed by atoms with van der Waals surface area (Å²) in [7, 11) is 0. The van der Waals surface area contributed by atoms with Crippen LogP contribution in [-0.4, -0.2) is 11.9 Å². The average molecular weight is 302 g/mol. The van der Waals surface area contributed by atoms with E-state index in [-0.39, 0.29) is 29.6 Å². The third kappa shape index (κ3) is 2.37. The molecule has 1 aliphatic rings. The maximum Gasteiger partial charge on any atom is 0.244 e. The standard InChI is InChI=1S/C17H16F2N2O/c1-10(11-5-3-2-4-6-11)21-16-8-12(18)7-14(19)13(16)9-15(20)17(21)22/h2-8,10,15H,9,20H2,1H3/t10-,15+/m0/s1. The largest absolute Gasteiger partial charge is 0.320 e. The Bertz CT molecular complexity index is 718. The Morgan fingerprint density at radius 2 is 1.91 bits per heavy atom. The number of benzene rings is 2. The molecule has 0 unspecified atom stereocenters. The smallest absolute Gasteiger partial charge is 0.244 e. The lowest BCUT2D eigenvalue weighted by Crippen LogP contribution is -2.50. The van der Waals surface area contributed by atoms with Crippen molar-refractivity contribution in [1.82, 2.24) is 0 Å². The van der Waals surface area contributed by atoms with Gasteiger partial charge < -0.3 is 10.6 Å². The fourth-order valence-electron chi connectivity index (χ4n) is 2.89. The second-order valence-corrected chi connectivity index (χ2v) is 5.49. The Morgan fingerprint density at radius 3 is 2.59 bits per heavy atom. The van der Waals surface area contributed by atoms with Gasteiger partial charge in [-0.2, -0.15) is 0 Å². The van der Waals surface area contributed by atoms with Gasteiger partial charge in [-0.15, -0.1) is 0 Å². The molecule has 1 amide bonds. The summed E-state index contributed by atoms with van der Waals surface area (Å²) in [4.78, 5) is 13.9. The minimum atomic E-state index is -0.821.